The van der Waals surface area contributed by atoms with E-state index in [1.165, 1.54) is 4.90 Å². The largest absolute Gasteiger partial charge is 0.345 e. The SMILES string of the molecule is CN(C)C(=O)c1cccc(NC(=O)C2CC(c3ccccc3)NN2)c1. The minimum Gasteiger partial charge on any atom is -0.345 e. The van der Waals surface area contributed by atoms with Crippen LogP contribution in [0, 0.1) is 0 Å². The van der Waals surface area contributed by atoms with Gasteiger partial charge in [-0.25, -0.2) is 10.9 Å². The van der Waals surface area contributed by atoms with E-state index in [1.54, 1.807) is 38.4 Å². The standard InChI is InChI=1S/C19H22N4O2/c1-23(2)19(25)14-9-6-10-15(11-14)20-18(24)17-12-16(21-22-17)13-7-4-3-5-8-13/h3-11,16-17,21-22H,12H2,1-2H3,(H,20,24). The molecule has 25 heavy (non-hydrogen) atoms. The smallest absolute Gasteiger partial charge is 0.253 e. The molecule has 1 heterocycles. The minimum atomic E-state index is -0.335. The second kappa shape index (κ2) is 7.46. The zero-order chi connectivity index (χ0) is 17.8. The van der Waals surface area contributed by atoms with E-state index in [2.05, 4.69) is 16.2 Å². The Balaban J connectivity index is 1.63. The summed E-state index contributed by atoms with van der Waals surface area (Å²) < 4.78 is 0. The number of carbonyl (C=O) groups is 2. The van der Waals surface area contributed by atoms with Crippen LogP contribution in [-0.2, 0) is 4.79 Å². The Morgan fingerprint density at radius 2 is 1.80 bits per heavy atom. The maximum Gasteiger partial charge on any atom is 0.253 e. The van der Waals surface area contributed by atoms with Crippen LogP contribution in [0.25, 0.3) is 0 Å². The van der Waals surface area contributed by atoms with E-state index in [9.17, 15) is 9.59 Å². The lowest BCUT2D eigenvalue weighted by atomic mass is 10.0. The molecule has 1 fully saturated rings. The molecule has 0 aromatic heterocycles. The second-order valence-electron chi connectivity index (χ2n) is 6.31. The summed E-state index contributed by atoms with van der Waals surface area (Å²) in [5.41, 5.74) is 8.51. The fourth-order valence-corrected chi connectivity index (χ4v) is 2.85. The monoisotopic (exact) mass is 338 g/mol. The molecular weight excluding hydrogens is 316 g/mol. The number of benzene rings is 2. The van der Waals surface area contributed by atoms with Gasteiger partial charge >= 0.3 is 0 Å². The van der Waals surface area contributed by atoms with Crippen molar-refractivity contribution in [3.8, 4) is 0 Å². The van der Waals surface area contributed by atoms with E-state index in [-0.39, 0.29) is 23.9 Å². The van der Waals surface area contributed by atoms with Crippen LogP contribution >= 0.6 is 0 Å². The molecule has 1 saturated heterocycles. The molecule has 0 saturated carbocycles. The summed E-state index contributed by atoms with van der Waals surface area (Å²) in [4.78, 5) is 26.0. The van der Waals surface area contributed by atoms with Gasteiger partial charge in [-0.05, 0) is 30.2 Å². The molecule has 0 bridgehead atoms. The Hall–Kier alpha value is -2.70. The zero-order valence-electron chi connectivity index (χ0n) is 14.3. The highest BCUT2D eigenvalue weighted by Gasteiger charge is 2.30. The molecule has 0 radical (unpaired) electrons. The van der Waals surface area contributed by atoms with E-state index >= 15 is 0 Å². The predicted octanol–water partition coefficient (Wildman–Crippen LogP) is 1.93. The first kappa shape index (κ1) is 17.1. The van der Waals surface area contributed by atoms with Crippen LogP contribution in [0.2, 0.25) is 0 Å². The first-order chi connectivity index (χ1) is 12.0. The number of anilines is 1. The third kappa shape index (κ3) is 4.04. The fourth-order valence-electron chi connectivity index (χ4n) is 2.85. The third-order valence-electron chi connectivity index (χ3n) is 4.20. The summed E-state index contributed by atoms with van der Waals surface area (Å²) in [6.07, 6.45) is 0.659. The van der Waals surface area contributed by atoms with Crippen molar-refractivity contribution in [2.24, 2.45) is 0 Å². The van der Waals surface area contributed by atoms with E-state index in [4.69, 9.17) is 0 Å². The van der Waals surface area contributed by atoms with Crippen molar-refractivity contribution in [3.05, 3.63) is 65.7 Å². The van der Waals surface area contributed by atoms with Crippen LogP contribution in [0.1, 0.15) is 28.4 Å². The van der Waals surface area contributed by atoms with Gasteiger partial charge < -0.3 is 10.2 Å². The van der Waals surface area contributed by atoms with Gasteiger partial charge in [-0.15, -0.1) is 0 Å². The Morgan fingerprint density at radius 3 is 2.52 bits per heavy atom. The summed E-state index contributed by atoms with van der Waals surface area (Å²) in [5.74, 6) is -0.221. The van der Waals surface area contributed by atoms with Gasteiger partial charge in [0.2, 0.25) is 5.91 Å². The number of nitrogens with one attached hydrogen (secondary N) is 3. The van der Waals surface area contributed by atoms with E-state index in [0.29, 0.717) is 17.7 Å². The molecule has 2 atom stereocenters. The lowest BCUT2D eigenvalue weighted by Gasteiger charge is -2.13. The van der Waals surface area contributed by atoms with Gasteiger partial charge in [0.1, 0.15) is 6.04 Å². The molecular formula is C19H22N4O2. The van der Waals surface area contributed by atoms with Crippen molar-refractivity contribution in [1.82, 2.24) is 15.8 Å². The Kier molecular flexibility index (Phi) is 5.11. The van der Waals surface area contributed by atoms with Crippen LogP contribution < -0.4 is 16.2 Å². The Morgan fingerprint density at radius 1 is 1.04 bits per heavy atom. The van der Waals surface area contributed by atoms with Gasteiger partial charge in [0, 0.05) is 31.4 Å². The number of hydrogen-bond donors (Lipinski definition) is 3. The molecule has 3 rings (SSSR count). The van der Waals surface area contributed by atoms with Gasteiger partial charge in [0.05, 0.1) is 0 Å². The van der Waals surface area contributed by atoms with Gasteiger partial charge in [-0.1, -0.05) is 36.4 Å². The molecule has 0 aliphatic carbocycles. The van der Waals surface area contributed by atoms with Crippen molar-refractivity contribution >= 4 is 17.5 Å². The van der Waals surface area contributed by atoms with Crippen LogP contribution in [0.3, 0.4) is 0 Å². The number of hydrogen-bond acceptors (Lipinski definition) is 4. The predicted molar refractivity (Wildman–Crippen MR) is 96.9 cm³/mol. The van der Waals surface area contributed by atoms with Crippen molar-refractivity contribution in [1.29, 1.82) is 0 Å². The average Bonchev–Trinajstić information content (AvgIpc) is 3.12. The highest BCUT2D eigenvalue weighted by molar-refractivity contribution is 5.98. The van der Waals surface area contributed by atoms with Crippen molar-refractivity contribution < 1.29 is 9.59 Å². The fraction of sp³-hybridized carbons (Fsp3) is 0.263. The van der Waals surface area contributed by atoms with Crippen LogP contribution in [0.4, 0.5) is 5.69 Å². The summed E-state index contributed by atoms with van der Waals surface area (Å²) in [5, 5.41) is 2.88. The summed E-state index contributed by atoms with van der Waals surface area (Å²) in [6, 6.07) is 16.7. The molecule has 6 nitrogen and oxygen atoms in total. The van der Waals surface area contributed by atoms with E-state index in [0.717, 1.165) is 5.56 Å². The molecule has 1 aliphatic rings. The number of hydrazine groups is 1. The quantitative estimate of drug-likeness (QED) is 0.796. The minimum absolute atomic E-state index is 0.0959. The number of nitrogens with zero attached hydrogens (tertiary/aromatic N) is 1. The van der Waals surface area contributed by atoms with Crippen LogP contribution in [0.5, 0.6) is 0 Å². The molecule has 130 valence electrons. The van der Waals surface area contributed by atoms with Crippen molar-refractivity contribution in [3.63, 3.8) is 0 Å². The third-order valence-corrected chi connectivity index (χ3v) is 4.20. The highest BCUT2D eigenvalue weighted by atomic mass is 16.2. The molecule has 1 aliphatic heterocycles. The summed E-state index contributed by atoms with van der Waals surface area (Å²) in [7, 11) is 3.40. The maximum absolute atomic E-state index is 12.5. The molecule has 2 unspecified atom stereocenters. The number of carbonyl (C=O) groups excluding carboxylic acids is 2. The van der Waals surface area contributed by atoms with E-state index in [1.807, 2.05) is 30.3 Å². The molecule has 2 aromatic rings. The Bertz CT molecular complexity index is 761. The average molecular weight is 338 g/mol. The van der Waals surface area contributed by atoms with Gasteiger partial charge in [0.25, 0.3) is 5.91 Å². The first-order valence-electron chi connectivity index (χ1n) is 8.23. The lowest BCUT2D eigenvalue weighted by Crippen LogP contribution is -2.39. The van der Waals surface area contributed by atoms with Crippen LogP contribution in [0.15, 0.2) is 54.6 Å². The van der Waals surface area contributed by atoms with Gasteiger partial charge in [-0.3, -0.25) is 9.59 Å². The van der Waals surface area contributed by atoms with Gasteiger partial charge in [0.15, 0.2) is 0 Å². The summed E-state index contributed by atoms with van der Waals surface area (Å²) in [6.45, 7) is 0. The lowest BCUT2D eigenvalue weighted by molar-refractivity contribution is -0.117. The highest BCUT2D eigenvalue weighted by Crippen LogP contribution is 2.22. The van der Waals surface area contributed by atoms with Gasteiger partial charge in [-0.2, -0.15) is 0 Å². The van der Waals surface area contributed by atoms with Crippen molar-refractivity contribution in [2.45, 2.75) is 18.5 Å². The molecule has 2 amide bonds. The number of amides is 2. The van der Waals surface area contributed by atoms with Crippen molar-refractivity contribution in [2.75, 3.05) is 19.4 Å². The van der Waals surface area contributed by atoms with Crippen LogP contribution in [-0.4, -0.2) is 36.9 Å². The van der Waals surface area contributed by atoms with E-state index < -0.39 is 0 Å². The Labute approximate surface area is 147 Å². The summed E-state index contributed by atoms with van der Waals surface area (Å²) >= 11 is 0. The molecule has 6 heteroatoms. The zero-order valence-corrected chi connectivity index (χ0v) is 14.3. The number of rotatable bonds is 4. The normalized spacial score (nSPS) is 19.4. The molecule has 3 N–H and O–H groups in total. The maximum atomic E-state index is 12.5. The first-order valence-corrected chi connectivity index (χ1v) is 8.23. The second-order valence-corrected chi connectivity index (χ2v) is 6.31. The topological polar surface area (TPSA) is 73.5 Å². The molecule has 2 aromatic carbocycles. The molecule has 0 spiro atoms.